The van der Waals surface area contributed by atoms with Crippen molar-refractivity contribution in [2.45, 2.75) is 39.5 Å². The first kappa shape index (κ1) is 15.7. The Morgan fingerprint density at radius 1 is 1.11 bits per heavy atom. The van der Waals surface area contributed by atoms with Crippen LogP contribution in [-0.2, 0) is 0 Å². The predicted molar refractivity (Wildman–Crippen MR) is 82.9 cm³/mol. The van der Waals surface area contributed by atoms with Gasteiger partial charge in [0.05, 0.1) is 0 Å². The largest absolute Gasteiger partial charge is 0.330 e. The molecule has 0 saturated carbocycles. The number of rotatable bonds is 6. The minimum atomic E-state index is 0.420. The molecule has 0 amide bonds. The first-order valence-corrected chi connectivity index (χ1v) is 7.49. The van der Waals surface area contributed by atoms with Crippen molar-refractivity contribution in [1.82, 2.24) is 0 Å². The summed E-state index contributed by atoms with van der Waals surface area (Å²) in [6.07, 6.45) is 2.20. The zero-order valence-electron chi connectivity index (χ0n) is 11.7. The van der Waals surface area contributed by atoms with Crippen molar-refractivity contribution in [2.75, 3.05) is 13.1 Å². The first-order chi connectivity index (χ1) is 8.53. The number of hydrogen-bond donors (Lipinski definition) is 2. The van der Waals surface area contributed by atoms with E-state index in [-0.39, 0.29) is 0 Å². The molecule has 0 aromatic heterocycles. The van der Waals surface area contributed by atoms with E-state index >= 15 is 0 Å². The van der Waals surface area contributed by atoms with E-state index in [9.17, 15) is 0 Å². The Morgan fingerprint density at radius 3 is 2.17 bits per heavy atom. The summed E-state index contributed by atoms with van der Waals surface area (Å²) in [5, 5.41) is 0. The topological polar surface area (TPSA) is 52.0 Å². The smallest absolute Gasteiger partial charge is 0.0212 e. The van der Waals surface area contributed by atoms with Crippen LogP contribution in [0.1, 0.15) is 42.4 Å². The van der Waals surface area contributed by atoms with Gasteiger partial charge in [0, 0.05) is 4.47 Å². The number of halogens is 1. The van der Waals surface area contributed by atoms with Gasteiger partial charge in [-0.3, -0.25) is 0 Å². The molecule has 4 N–H and O–H groups in total. The Bertz CT molecular complexity index is 386. The predicted octanol–water partition coefficient (Wildman–Crippen LogP) is 3.48. The van der Waals surface area contributed by atoms with Crippen LogP contribution in [0.3, 0.4) is 0 Å². The fraction of sp³-hybridized carbons (Fsp3) is 0.600. The Labute approximate surface area is 119 Å². The maximum Gasteiger partial charge on any atom is 0.0212 e. The molecular weight excluding hydrogens is 288 g/mol. The second-order valence-corrected chi connectivity index (χ2v) is 5.99. The summed E-state index contributed by atoms with van der Waals surface area (Å²) in [7, 11) is 0. The molecule has 0 aliphatic rings. The average Bonchev–Trinajstić information content (AvgIpc) is 2.36. The van der Waals surface area contributed by atoms with Crippen molar-refractivity contribution in [3.63, 3.8) is 0 Å². The molecule has 0 bridgehead atoms. The van der Waals surface area contributed by atoms with Crippen LogP contribution in [0.4, 0.5) is 0 Å². The van der Waals surface area contributed by atoms with E-state index in [1.165, 1.54) is 21.2 Å². The van der Waals surface area contributed by atoms with E-state index in [0.29, 0.717) is 24.9 Å². The molecule has 18 heavy (non-hydrogen) atoms. The van der Waals surface area contributed by atoms with Gasteiger partial charge < -0.3 is 11.5 Å². The van der Waals surface area contributed by atoms with Gasteiger partial charge in [0.25, 0.3) is 0 Å². The summed E-state index contributed by atoms with van der Waals surface area (Å²) in [5.74, 6) is 0.958. The summed E-state index contributed by atoms with van der Waals surface area (Å²) in [4.78, 5) is 0. The minimum absolute atomic E-state index is 0.420. The van der Waals surface area contributed by atoms with E-state index in [1.54, 1.807) is 0 Å². The molecule has 1 rings (SSSR count). The van der Waals surface area contributed by atoms with Gasteiger partial charge in [0.15, 0.2) is 0 Å². The molecule has 0 heterocycles. The van der Waals surface area contributed by atoms with E-state index in [4.69, 9.17) is 11.5 Å². The first-order valence-electron chi connectivity index (χ1n) is 6.70. The number of aryl methyl sites for hydroxylation is 2. The lowest BCUT2D eigenvalue weighted by Crippen LogP contribution is -2.25. The van der Waals surface area contributed by atoms with Crippen molar-refractivity contribution in [3.05, 3.63) is 33.3 Å². The highest BCUT2D eigenvalue weighted by molar-refractivity contribution is 9.10. The third-order valence-electron chi connectivity index (χ3n) is 3.83. The maximum atomic E-state index is 5.76. The molecule has 0 spiro atoms. The molecule has 1 atom stereocenters. The lowest BCUT2D eigenvalue weighted by Gasteiger charge is -2.23. The van der Waals surface area contributed by atoms with E-state index in [2.05, 4.69) is 48.8 Å². The quantitative estimate of drug-likeness (QED) is 0.845. The highest BCUT2D eigenvalue weighted by atomic mass is 79.9. The summed E-state index contributed by atoms with van der Waals surface area (Å²) >= 11 is 3.69. The normalized spacial score (nSPS) is 13.1. The van der Waals surface area contributed by atoms with Crippen LogP contribution in [0.5, 0.6) is 0 Å². The summed E-state index contributed by atoms with van der Waals surface area (Å²) in [6, 6.07) is 4.52. The van der Waals surface area contributed by atoms with Gasteiger partial charge in [-0.05, 0) is 74.4 Å². The molecule has 1 aromatic rings. The second-order valence-electron chi connectivity index (χ2n) is 5.14. The van der Waals surface area contributed by atoms with Crippen molar-refractivity contribution < 1.29 is 0 Å². The van der Waals surface area contributed by atoms with E-state index in [1.807, 2.05) is 0 Å². The Hall–Kier alpha value is -0.380. The molecular formula is C15H25BrN2. The van der Waals surface area contributed by atoms with Gasteiger partial charge in [-0.2, -0.15) is 0 Å². The summed E-state index contributed by atoms with van der Waals surface area (Å²) in [6.45, 7) is 7.90. The molecule has 1 unspecified atom stereocenters. The third-order valence-corrected chi connectivity index (χ3v) is 4.52. The molecule has 0 aliphatic heterocycles. The van der Waals surface area contributed by atoms with Gasteiger partial charge in [0.2, 0.25) is 0 Å². The van der Waals surface area contributed by atoms with Crippen LogP contribution in [0.25, 0.3) is 0 Å². The third kappa shape index (κ3) is 3.81. The number of nitrogens with two attached hydrogens (primary N) is 2. The standard InChI is InChI=1S/C15H25BrN2/c1-4-13(7-12(8-17)9-18)14-5-10(2)11(3)6-15(14)16/h5-6,12-13H,4,7-9,17-18H2,1-3H3. The van der Waals surface area contributed by atoms with Gasteiger partial charge in [-0.25, -0.2) is 0 Å². The SMILES string of the molecule is CCC(CC(CN)CN)c1cc(C)c(C)cc1Br. The monoisotopic (exact) mass is 312 g/mol. The van der Waals surface area contributed by atoms with Crippen LogP contribution in [0.2, 0.25) is 0 Å². The fourth-order valence-electron chi connectivity index (χ4n) is 2.32. The van der Waals surface area contributed by atoms with Gasteiger partial charge in [0.1, 0.15) is 0 Å². The fourth-order valence-corrected chi connectivity index (χ4v) is 3.10. The van der Waals surface area contributed by atoms with Gasteiger partial charge >= 0.3 is 0 Å². The highest BCUT2D eigenvalue weighted by Crippen LogP contribution is 2.33. The van der Waals surface area contributed by atoms with Crippen molar-refractivity contribution in [3.8, 4) is 0 Å². The van der Waals surface area contributed by atoms with Crippen LogP contribution in [0.15, 0.2) is 16.6 Å². The molecule has 0 fully saturated rings. The summed E-state index contributed by atoms with van der Waals surface area (Å²) in [5.41, 5.74) is 15.6. The molecule has 0 saturated heterocycles. The van der Waals surface area contributed by atoms with Crippen molar-refractivity contribution >= 4 is 15.9 Å². The highest BCUT2D eigenvalue weighted by Gasteiger charge is 2.18. The Balaban J connectivity index is 2.98. The second kappa shape index (κ2) is 7.27. The molecule has 102 valence electrons. The van der Waals surface area contributed by atoms with Crippen LogP contribution >= 0.6 is 15.9 Å². The van der Waals surface area contributed by atoms with E-state index in [0.717, 1.165) is 12.8 Å². The van der Waals surface area contributed by atoms with Crippen molar-refractivity contribution in [1.29, 1.82) is 0 Å². The van der Waals surface area contributed by atoms with Crippen LogP contribution < -0.4 is 11.5 Å². The number of benzene rings is 1. The lowest BCUT2D eigenvalue weighted by atomic mass is 9.86. The van der Waals surface area contributed by atoms with Crippen molar-refractivity contribution in [2.24, 2.45) is 17.4 Å². The summed E-state index contributed by atoms with van der Waals surface area (Å²) < 4.78 is 1.21. The zero-order chi connectivity index (χ0) is 13.7. The van der Waals surface area contributed by atoms with Gasteiger partial charge in [-0.1, -0.05) is 28.9 Å². The van der Waals surface area contributed by atoms with E-state index < -0.39 is 0 Å². The molecule has 0 aliphatic carbocycles. The molecule has 3 heteroatoms. The van der Waals surface area contributed by atoms with Gasteiger partial charge in [-0.15, -0.1) is 0 Å². The molecule has 0 radical (unpaired) electrons. The number of hydrogen-bond acceptors (Lipinski definition) is 2. The maximum absolute atomic E-state index is 5.76. The Morgan fingerprint density at radius 2 is 1.67 bits per heavy atom. The van der Waals surface area contributed by atoms with Crippen LogP contribution in [0, 0.1) is 19.8 Å². The molecule has 2 nitrogen and oxygen atoms in total. The van der Waals surface area contributed by atoms with Crippen LogP contribution in [-0.4, -0.2) is 13.1 Å². The minimum Gasteiger partial charge on any atom is -0.330 e. The zero-order valence-corrected chi connectivity index (χ0v) is 13.3. The lowest BCUT2D eigenvalue weighted by molar-refractivity contribution is 0.441. The Kier molecular flexibility index (Phi) is 6.33. The molecule has 1 aromatic carbocycles. The average molecular weight is 313 g/mol.